The molecule has 7 heteroatoms. The van der Waals surface area contributed by atoms with Gasteiger partial charge < -0.3 is 15.3 Å². The van der Waals surface area contributed by atoms with Gasteiger partial charge in [-0.3, -0.25) is 9.48 Å². The highest BCUT2D eigenvalue weighted by Crippen LogP contribution is 2.50. The molecule has 172 valence electrons. The minimum Gasteiger partial charge on any atom is -0.394 e. The highest BCUT2D eigenvalue weighted by Gasteiger charge is 2.47. The second-order valence-corrected chi connectivity index (χ2v) is 9.35. The molecule has 1 aromatic carbocycles. The number of hydrogen-bond acceptors (Lipinski definition) is 5. The van der Waals surface area contributed by atoms with E-state index in [4.69, 9.17) is 4.98 Å². The van der Waals surface area contributed by atoms with Gasteiger partial charge >= 0.3 is 0 Å². The van der Waals surface area contributed by atoms with Gasteiger partial charge in [0.2, 0.25) is 5.91 Å². The summed E-state index contributed by atoms with van der Waals surface area (Å²) >= 11 is 0. The van der Waals surface area contributed by atoms with Crippen LogP contribution in [0.1, 0.15) is 44.0 Å². The minimum absolute atomic E-state index is 0.0305. The molecular formula is C26H31N5O2. The summed E-state index contributed by atoms with van der Waals surface area (Å²) in [6, 6.07) is 12.6. The molecule has 1 amide bonds. The smallest absolute Gasteiger partial charge is 0.224 e. The third-order valence-corrected chi connectivity index (χ3v) is 6.92. The van der Waals surface area contributed by atoms with E-state index in [2.05, 4.69) is 35.5 Å². The largest absolute Gasteiger partial charge is 0.394 e. The van der Waals surface area contributed by atoms with Crippen LogP contribution < -0.4 is 10.2 Å². The van der Waals surface area contributed by atoms with Crippen molar-refractivity contribution in [3.63, 3.8) is 0 Å². The molecule has 7 nitrogen and oxygen atoms in total. The quantitative estimate of drug-likeness (QED) is 0.595. The maximum absolute atomic E-state index is 12.8. The number of hydrogen-bond donors (Lipinski definition) is 2. The Morgan fingerprint density at radius 1 is 1.21 bits per heavy atom. The van der Waals surface area contributed by atoms with Crippen molar-refractivity contribution in [2.24, 2.45) is 11.8 Å². The topological polar surface area (TPSA) is 83.3 Å². The second kappa shape index (κ2) is 8.63. The maximum atomic E-state index is 12.8. The Balaban J connectivity index is 1.60. The predicted molar refractivity (Wildman–Crippen MR) is 129 cm³/mol. The summed E-state index contributed by atoms with van der Waals surface area (Å²) in [6.07, 6.45) is 6.12. The molecule has 2 aromatic heterocycles. The van der Waals surface area contributed by atoms with E-state index in [1.807, 2.05) is 42.4 Å². The fourth-order valence-electron chi connectivity index (χ4n) is 5.27. The van der Waals surface area contributed by atoms with Gasteiger partial charge in [-0.2, -0.15) is 5.10 Å². The van der Waals surface area contributed by atoms with Gasteiger partial charge in [0, 0.05) is 42.0 Å². The number of carbonyl (C=O) groups is 1. The van der Waals surface area contributed by atoms with Crippen molar-refractivity contribution in [1.29, 1.82) is 0 Å². The lowest BCUT2D eigenvalue weighted by Gasteiger charge is -2.46. The van der Waals surface area contributed by atoms with Crippen molar-refractivity contribution < 1.29 is 9.90 Å². The summed E-state index contributed by atoms with van der Waals surface area (Å²) in [6.45, 7) is 6.44. The lowest BCUT2D eigenvalue weighted by Crippen LogP contribution is -2.51. The standard InChI is InChI=1S/C26H31N5O2/c1-16-5-4-6-24(28-16)29-25-17(2)26(19-7-8-19)31(18(3)33)23-10-9-20(13-22(23)25)21-14-27-30(15-21)11-12-32/h4-6,9-10,13-15,17,19,25-26,32H,7-8,11-12H2,1-3H3,(H,28,29)/t17-,25-,26-/m1/s1. The molecule has 0 bridgehead atoms. The third kappa shape index (κ3) is 4.13. The Kier molecular flexibility index (Phi) is 5.66. The zero-order valence-corrected chi connectivity index (χ0v) is 19.4. The van der Waals surface area contributed by atoms with Crippen molar-refractivity contribution in [2.45, 2.75) is 52.2 Å². The van der Waals surface area contributed by atoms with Crippen LogP contribution >= 0.6 is 0 Å². The number of fused-ring (bicyclic) bond motifs is 1. The Morgan fingerprint density at radius 3 is 2.73 bits per heavy atom. The van der Waals surface area contributed by atoms with Crippen LogP contribution in [0.4, 0.5) is 11.5 Å². The van der Waals surface area contributed by atoms with Crippen LogP contribution in [0.25, 0.3) is 11.1 Å². The first-order valence-corrected chi connectivity index (χ1v) is 11.7. The van der Waals surface area contributed by atoms with Gasteiger partial charge in [0.25, 0.3) is 0 Å². The minimum atomic E-state index is 0.0305. The Hall–Kier alpha value is -3.19. The van der Waals surface area contributed by atoms with Crippen molar-refractivity contribution in [2.75, 3.05) is 16.8 Å². The first-order valence-electron chi connectivity index (χ1n) is 11.7. The Morgan fingerprint density at radius 2 is 2.03 bits per heavy atom. The number of aliphatic hydroxyl groups is 1. The Labute approximate surface area is 194 Å². The zero-order valence-electron chi connectivity index (χ0n) is 19.4. The molecule has 3 heterocycles. The molecule has 1 aliphatic heterocycles. The van der Waals surface area contributed by atoms with E-state index in [1.165, 1.54) is 12.8 Å². The first-order chi connectivity index (χ1) is 16.0. The predicted octanol–water partition coefficient (Wildman–Crippen LogP) is 4.18. The molecular weight excluding hydrogens is 414 g/mol. The van der Waals surface area contributed by atoms with Crippen LogP contribution in [-0.4, -0.2) is 38.4 Å². The number of nitrogens with one attached hydrogen (secondary N) is 1. The molecule has 2 N–H and O–H groups in total. The SMILES string of the molecule is CC(=O)N1c2ccc(-c3cnn(CCO)c3)cc2[C@H](Nc2cccc(C)n2)[C@@H](C)[C@@H]1C1CC1. The summed E-state index contributed by atoms with van der Waals surface area (Å²) in [5.41, 5.74) is 5.09. The first kappa shape index (κ1) is 21.6. The molecule has 5 rings (SSSR count). The summed E-state index contributed by atoms with van der Waals surface area (Å²) < 4.78 is 1.74. The van der Waals surface area contributed by atoms with E-state index in [1.54, 1.807) is 11.6 Å². The highest BCUT2D eigenvalue weighted by molar-refractivity contribution is 5.94. The number of carbonyl (C=O) groups excluding carboxylic acids is 1. The molecule has 1 aliphatic carbocycles. The molecule has 0 radical (unpaired) electrons. The monoisotopic (exact) mass is 445 g/mol. The molecule has 0 saturated heterocycles. The van der Waals surface area contributed by atoms with Gasteiger partial charge in [-0.25, -0.2) is 4.98 Å². The molecule has 0 unspecified atom stereocenters. The fourth-order valence-corrected chi connectivity index (χ4v) is 5.27. The summed E-state index contributed by atoms with van der Waals surface area (Å²) in [5.74, 6) is 1.72. The summed E-state index contributed by atoms with van der Waals surface area (Å²) in [4.78, 5) is 19.6. The van der Waals surface area contributed by atoms with Gasteiger partial charge in [0.05, 0.1) is 25.4 Å². The van der Waals surface area contributed by atoms with E-state index < -0.39 is 0 Å². The van der Waals surface area contributed by atoms with E-state index in [-0.39, 0.29) is 30.5 Å². The van der Waals surface area contributed by atoms with Crippen LogP contribution in [0, 0.1) is 18.8 Å². The lowest BCUT2D eigenvalue weighted by molar-refractivity contribution is -0.117. The fraction of sp³-hybridized carbons (Fsp3) is 0.423. The van der Waals surface area contributed by atoms with E-state index in [0.717, 1.165) is 33.9 Å². The van der Waals surface area contributed by atoms with Crippen molar-refractivity contribution >= 4 is 17.4 Å². The number of rotatable bonds is 6. The average Bonchev–Trinajstić information content (AvgIpc) is 3.52. The second-order valence-electron chi connectivity index (χ2n) is 9.35. The molecule has 1 saturated carbocycles. The Bertz CT molecular complexity index is 1170. The number of aromatic nitrogens is 3. The van der Waals surface area contributed by atoms with Crippen LogP contribution in [0.15, 0.2) is 48.8 Å². The normalized spacial score (nSPS) is 22.2. The van der Waals surface area contributed by atoms with Crippen molar-refractivity contribution in [3.8, 4) is 11.1 Å². The average molecular weight is 446 g/mol. The molecule has 0 spiro atoms. The van der Waals surface area contributed by atoms with Crippen LogP contribution in [0.3, 0.4) is 0 Å². The van der Waals surface area contributed by atoms with Gasteiger partial charge in [-0.1, -0.05) is 19.1 Å². The van der Waals surface area contributed by atoms with Gasteiger partial charge in [-0.15, -0.1) is 0 Å². The molecule has 33 heavy (non-hydrogen) atoms. The number of anilines is 2. The van der Waals surface area contributed by atoms with E-state index in [9.17, 15) is 9.90 Å². The van der Waals surface area contributed by atoms with Crippen molar-refractivity contribution in [3.05, 3.63) is 60.0 Å². The lowest BCUT2D eigenvalue weighted by atomic mass is 9.79. The third-order valence-electron chi connectivity index (χ3n) is 6.92. The molecule has 3 aromatic rings. The molecule has 3 atom stereocenters. The van der Waals surface area contributed by atoms with E-state index >= 15 is 0 Å². The van der Waals surface area contributed by atoms with E-state index in [0.29, 0.717) is 12.5 Å². The number of amides is 1. The van der Waals surface area contributed by atoms with Gasteiger partial charge in [0.1, 0.15) is 5.82 Å². The molecule has 2 aliphatic rings. The highest BCUT2D eigenvalue weighted by atomic mass is 16.3. The number of pyridine rings is 1. The molecule has 1 fully saturated rings. The van der Waals surface area contributed by atoms with Crippen molar-refractivity contribution in [1.82, 2.24) is 14.8 Å². The number of nitrogens with zero attached hydrogens (tertiary/aromatic N) is 4. The maximum Gasteiger partial charge on any atom is 0.224 e. The number of benzene rings is 1. The zero-order chi connectivity index (χ0) is 23.1. The number of aryl methyl sites for hydroxylation is 1. The van der Waals surface area contributed by atoms with Gasteiger partial charge in [-0.05, 0) is 61.1 Å². The number of aliphatic hydroxyl groups excluding tert-OH is 1. The summed E-state index contributed by atoms with van der Waals surface area (Å²) in [7, 11) is 0. The van der Waals surface area contributed by atoms with Crippen LogP contribution in [-0.2, 0) is 11.3 Å². The van der Waals surface area contributed by atoms with Gasteiger partial charge in [0.15, 0.2) is 0 Å². The van der Waals surface area contributed by atoms with Crippen LogP contribution in [0.5, 0.6) is 0 Å². The van der Waals surface area contributed by atoms with Crippen LogP contribution in [0.2, 0.25) is 0 Å². The summed E-state index contributed by atoms with van der Waals surface area (Å²) in [5, 5.41) is 17.3.